The zero-order valence-electron chi connectivity index (χ0n) is 13.4. The molecule has 24 heavy (non-hydrogen) atoms. The number of nitrogens with zero attached hydrogens (tertiary/aromatic N) is 1. The lowest BCUT2D eigenvalue weighted by atomic mass is 9.85. The molecule has 1 amide bonds. The van der Waals surface area contributed by atoms with Gasteiger partial charge in [0.2, 0.25) is 11.8 Å². The molecule has 2 aromatic carbocycles. The summed E-state index contributed by atoms with van der Waals surface area (Å²) < 4.78 is 5.93. The number of anilines is 1. The van der Waals surface area contributed by atoms with E-state index in [0.717, 1.165) is 11.4 Å². The first kappa shape index (κ1) is 16.7. The molecular weight excluding hydrogens is 368 g/mol. The van der Waals surface area contributed by atoms with Gasteiger partial charge in [-0.15, -0.1) is 0 Å². The summed E-state index contributed by atoms with van der Waals surface area (Å²) in [6, 6.07) is 19.0. The molecule has 1 saturated heterocycles. The summed E-state index contributed by atoms with van der Waals surface area (Å²) in [6.07, 6.45) is 0.516. The molecule has 1 aliphatic rings. The van der Waals surface area contributed by atoms with Gasteiger partial charge in [0.15, 0.2) is 0 Å². The number of ether oxygens (including phenoxy) is 1. The standard InChI is InChI=1S/C19H19BrN2O2/c1-19(17(23)21-14-8-4-2-5-9-14)12-16(13-20)24-18(19)22-15-10-6-3-7-11-15/h2-11,16H,12-13H2,1H3,(H,21,23)/t16-,19+/m1/s1. The van der Waals surface area contributed by atoms with E-state index in [9.17, 15) is 4.79 Å². The zero-order valence-corrected chi connectivity index (χ0v) is 15.0. The molecule has 0 unspecified atom stereocenters. The molecule has 3 rings (SSSR count). The molecule has 0 bridgehead atoms. The Labute approximate surface area is 150 Å². The van der Waals surface area contributed by atoms with Crippen molar-refractivity contribution in [1.82, 2.24) is 0 Å². The predicted octanol–water partition coefficient (Wildman–Crippen LogP) is 4.55. The van der Waals surface area contributed by atoms with E-state index in [-0.39, 0.29) is 12.0 Å². The maximum atomic E-state index is 12.9. The second-order valence-electron chi connectivity index (χ2n) is 6.00. The minimum atomic E-state index is -0.801. The summed E-state index contributed by atoms with van der Waals surface area (Å²) in [6.45, 7) is 1.88. The zero-order chi connectivity index (χ0) is 17.0. The molecule has 4 nitrogen and oxygen atoms in total. The van der Waals surface area contributed by atoms with Crippen molar-refractivity contribution in [3.8, 4) is 0 Å². The fraction of sp³-hybridized carbons (Fsp3) is 0.263. The minimum Gasteiger partial charge on any atom is -0.476 e. The van der Waals surface area contributed by atoms with Gasteiger partial charge in [0.1, 0.15) is 11.5 Å². The van der Waals surface area contributed by atoms with Crippen molar-refractivity contribution in [3.63, 3.8) is 0 Å². The molecule has 2 aromatic rings. The summed E-state index contributed by atoms with van der Waals surface area (Å²) in [7, 11) is 0. The number of halogens is 1. The maximum Gasteiger partial charge on any atom is 0.239 e. The summed E-state index contributed by atoms with van der Waals surface area (Å²) in [5.74, 6) is 0.360. The summed E-state index contributed by atoms with van der Waals surface area (Å²) in [4.78, 5) is 17.5. The molecule has 2 atom stereocenters. The molecule has 0 aromatic heterocycles. The van der Waals surface area contributed by atoms with E-state index in [1.54, 1.807) is 0 Å². The molecule has 0 saturated carbocycles. The summed E-state index contributed by atoms with van der Waals surface area (Å²) in [5, 5.41) is 3.63. The van der Waals surface area contributed by atoms with Crippen LogP contribution < -0.4 is 5.32 Å². The number of nitrogens with one attached hydrogen (secondary N) is 1. The van der Waals surface area contributed by atoms with Gasteiger partial charge in [-0.3, -0.25) is 4.79 Å². The number of rotatable bonds is 4. The molecule has 1 heterocycles. The molecule has 1 aliphatic heterocycles. The number of carbonyl (C=O) groups is 1. The van der Waals surface area contributed by atoms with Crippen molar-refractivity contribution in [2.45, 2.75) is 19.4 Å². The minimum absolute atomic E-state index is 0.0704. The third-order valence-electron chi connectivity index (χ3n) is 4.08. The van der Waals surface area contributed by atoms with Gasteiger partial charge in [-0.1, -0.05) is 52.3 Å². The number of para-hydroxylation sites is 2. The Morgan fingerprint density at radius 1 is 1.21 bits per heavy atom. The fourth-order valence-corrected chi connectivity index (χ4v) is 3.07. The highest BCUT2D eigenvalue weighted by Gasteiger charge is 2.49. The molecule has 0 radical (unpaired) electrons. The number of alkyl halides is 1. The van der Waals surface area contributed by atoms with Crippen molar-refractivity contribution in [2.24, 2.45) is 10.4 Å². The van der Waals surface area contributed by atoms with Crippen LogP contribution in [0.25, 0.3) is 0 Å². The van der Waals surface area contributed by atoms with Gasteiger partial charge in [0.25, 0.3) is 0 Å². The molecule has 0 aliphatic carbocycles. The van der Waals surface area contributed by atoms with E-state index < -0.39 is 5.41 Å². The third-order valence-corrected chi connectivity index (χ3v) is 4.80. The summed E-state index contributed by atoms with van der Waals surface area (Å²) in [5.41, 5.74) is 0.746. The van der Waals surface area contributed by atoms with Crippen molar-refractivity contribution >= 4 is 39.1 Å². The van der Waals surface area contributed by atoms with Gasteiger partial charge in [-0.25, -0.2) is 4.99 Å². The van der Waals surface area contributed by atoms with Gasteiger partial charge in [-0.2, -0.15) is 0 Å². The summed E-state index contributed by atoms with van der Waals surface area (Å²) >= 11 is 3.45. The Balaban J connectivity index is 1.89. The lowest BCUT2D eigenvalue weighted by molar-refractivity contribution is -0.121. The van der Waals surface area contributed by atoms with Gasteiger partial charge < -0.3 is 10.1 Å². The number of amides is 1. The normalized spacial score (nSPS) is 24.6. The van der Waals surface area contributed by atoms with Crippen LogP contribution in [0.3, 0.4) is 0 Å². The fourth-order valence-electron chi connectivity index (χ4n) is 2.71. The van der Waals surface area contributed by atoms with Crippen LogP contribution in [0, 0.1) is 5.41 Å². The highest BCUT2D eigenvalue weighted by Crippen LogP contribution is 2.38. The van der Waals surface area contributed by atoms with Crippen LogP contribution in [-0.4, -0.2) is 23.2 Å². The average molecular weight is 387 g/mol. The molecule has 5 heteroatoms. The predicted molar refractivity (Wildman–Crippen MR) is 100.0 cm³/mol. The van der Waals surface area contributed by atoms with Gasteiger partial charge in [0.05, 0.1) is 5.69 Å². The topological polar surface area (TPSA) is 50.7 Å². The Morgan fingerprint density at radius 2 is 1.83 bits per heavy atom. The first-order valence-corrected chi connectivity index (χ1v) is 8.97. The molecule has 1 N–H and O–H groups in total. The van der Waals surface area contributed by atoms with Crippen molar-refractivity contribution in [1.29, 1.82) is 0 Å². The van der Waals surface area contributed by atoms with E-state index in [4.69, 9.17) is 4.74 Å². The van der Waals surface area contributed by atoms with Crippen molar-refractivity contribution in [3.05, 3.63) is 60.7 Å². The first-order chi connectivity index (χ1) is 11.6. The van der Waals surface area contributed by atoms with Crippen molar-refractivity contribution < 1.29 is 9.53 Å². The lowest BCUT2D eigenvalue weighted by Crippen LogP contribution is -2.37. The number of hydrogen-bond acceptors (Lipinski definition) is 3. The Bertz CT molecular complexity index is 734. The number of aliphatic imine (C=N–C) groups is 1. The van der Waals surface area contributed by atoms with Crippen LogP contribution in [0.5, 0.6) is 0 Å². The van der Waals surface area contributed by atoms with Crippen LogP contribution in [0.1, 0.15) is 13.3 Å². The van der Waals surface area contributed by atoms with E-state index in [2.05, 4.69) is 26.2 Å². The SMILES string of the molecule is C[C@@]1(C(=O)Nc2ccccc2)C[C@H](CBr)OC1=Nc1ccccc1. The number of carbonyl (C=O) groups excluding carboxylic acids is 1. The number of hydrogen-bond donors (Lipinski definition) is 1. The number of benzene rings is 2. The Hall–Kier alpha value is -2.14. The van der Waals surface area contributed by atoms with Crippen LogP contribution >= 0.6 is 15.9 Å². The molecule has 1 fully saturated rings. The first-order valence-electron chi connectivity index (χ1n) is 7.85. The van der Waals surface area contributed by atoms with Crippen LogP contribution in [0.15, 0.2) is 65.7 Å². The molecule has 0 spiro atoms. The Morgan fingerprint density at radius 3 is 2.46 bits per heavy atom. The third kappa shape index (κ3) is 3.51. The van der Waals surface area contributed by atoms with E-state index in [1.165, 1.54) is 0 Å². The van der Waals surface area contributed by atoms with E-state index in [1.807, 2.05) is 67.6 Å². The van der Waals surface area contributed by atoms with E-state index >= 15 is 0 Å². The van der Waals surface area contributed by atoms with Gasteiger partial charge in [0, 0.05) is 17.4 Å². The monoisotopic (exact) mass is 386 g/mol. The van der Waals surface area contributed by atoms with Crippen LogP contribution in [-0.2, 0) is 9.53 Å². The molecular formula is C19H19BrN2O2. The van der Waals surface area contributed by atoms with Gasteiger partial charge in [-0.05, 0) is 31.2 Å². The second-order valence-corrected chi connectivity index (χ2v) is 6.65. The quantitative estimate of drug-likeness (QED) is 0.783. The van der Waals surface area contributed by atoms with Crippen LogP contribution in [0.4, 0.5) is 11.4 Å². The largest absolute Gasteiger partial charge is 0.476 e. The second kappa shape index (κ2) is 7.18. The maximum absolute atomic E-state index is 12.9. The van der Waals surface area contributed by atoms with E-state index in [0.29, 0.717) is 17.6 Å². The van der Waals surface area contributed by atoms with Crippen LogP contribution in [0.2, 0.25) is 0 Å². The van der Waals surface area contributed by atoms with Gasteiger partial charge >= 0.3 is 0 Å². The highest BCUT2D eigenvalue weighted by atomic mass is 79.9. The Kier molecular flexibility index (Phi) is 5.00. The average Bonchev–Trinajstić information content (AvgIpc) is 2.94. The lowest BCUT2D eigenvalue weighted by Gasteiger charge is -2.21. The van der Waals surface area contributed by atoms with Crippen molar-refractivity contribution in [2.75, 3.05) is 10.6 Å². The molecule has 124 valence electrons. The smallest absolute Gasteiger partial charge is 0.239 e. The highest BCUT2D eigenvalue weighted by molar-refractivity contribution is 9.09.